The molecular weight excluding hydrogens is 288 g/mol. The number of rotatable bonds is 5. The molecule has 23 heavy (non-hydrogen) atoms. The fourth-order valence-electron chi connectivity index (χ4n) is 3.85. The number of nitrogens with zero attached hydrogens (tertiary/aromatic N) is 1. The van der Waals surface area contributed by atoms with Gasteiger partial charge in [-0.25, -0.2) is 0 Å². The number of benzene rings is 1. The third-order valence-corrected chi connectivity index (χ3v) is 4.96. The quantitative estimate of drug-likeness (QED) is 0.909. The topological polar surface area (TPSA) is 55.6 Å². The molecule has 0 aliphatic carbocycles. The average Bonchev–Trinajstić information content (AvgIpc) is 3.13. The summed E-state index contributed by atoms with van der Waals surface area (Å²) in [4.78, 5) is 14.7. The molecular formula is C19H28N2O2. The van der Waals surface area contributed by atoms with Gasteiger partial charge in [-0.1, -0.05) is 25.5 Å². The maximum Gasteiger partial charge on any atom is 0.256 e. The Morgan fingerprint density at radius 3 is 3.00 bits per heavy atom. The average molecular weight is 316 g/mol. The number of ether oxygens (including phenoxy) is 1. The van der Waals surface area contributed by atoms with Crippen molar-refractivity contribution in [2.75, 3.05) is 11.5 Å². The summed E-state index contributed by atoms with van der Waals surface area (Å²) >= 11 is 0. The molecule has 2 N–H and O–H groups in total. The van der Waals surface area contributed by atoms with Gasteiger partial charge in [0.2, 0.25) is 0 Å². The minimum absolute atomic E-state index is 0.129. The zero-order valence-corrected chi connectivity index (χ0v) is 14.3. The molecule has 2 heterocycles. The van der Waals surface area contributed by atoms with Gasteiger partial charge in [-0.2, -0.15) is 0 Å². The maximum atomic E-state index is 12.7. The lowest BCUT2D eigenvalue weighted by Crippen LogP contribution is -2.42. The molecule has 4 heteroatoms. The van der Waals surface area contributed by atoms with Crippen LogP contribution in [0.15, 0.2) is 18.2 Å². The molecule has 3 atom stereocenters. The smallest absolute Gasteiger partial charge is 0.256 e. The van der Waals surface area contributed by atoms with Crippen LogP contribution in [-0.2, 0) is 22.4 Å². The Labute approximate surface area is 139 Å². The van der Waals surface area contributed by atoms with Gasteiger partial charge in [-0.05, 0) is 56.2 Å². The van der Waals surface area contributed by atoms with Gasteiger partial charge < -0.3 is 15.4 Å². The predicted molar refractivity (Wildman–Crippen MR) is 92.7 cm³/mol. The number of fused-ring (bicyclic) bond motifs is 1. The summed E-state index contributed by atoms with van der Waals surface area (Å²) in [5.74, 6) is 0.129. The summed E-state index contributed by atoms with van der Waals surface area (Å²) in [7, 11) is 0. The van der Waals surface area contributed by atoms with Crippen molar-refractivity contribution in [1.82, 2.24) is 0 Å². The Bertz CT molecular complexity index is 566. The van der Waals surface area contributed by atoms with Gasteiger partial charge in [0.1, 0.15) is 6.10 Å². The summed E-state index contributed by atoms with van der Waals surface area (Å²) in [5, 5.41) is 0. The minimum Gasteiger partial charge on any atom is -0.368 e. The normalized spacial score (nSPS) is 24.7. The van der Waals surface area contributed by atoms with Crippen molar-refractivity contribution in [3.63, 3.8) is 0 Å². The minimum atomic E-state index is -0.249. The predicted octanol–water partition coefficient (Wildman–Crippen LogP) is 2.81. The molecule has 0 saturated carbocycles. The zero-order valence-electron chi connectivity index (χ0n) is 14.3. The molecule has 0 aromatic heterocycles. The van der Waals surface area contributed by atoms with E-state index in [1.54, 1.807) is 0 Å². The first kappa shape index (κ1) is 16.5. The highest BCUT2D eigenvalue weighted by molar-refractivity contribution is 5.99. The second-order valence-electron chi connectivity index (χ2n) is 6.98. The molecule has 1 saturated heterocycles. The lowest BCUT2D eigenvalue weighted by atomic mass is 10.00. The van der Waals surface area contributed by atoms with Gasteiger partial charge in [0.15, 0.2) is 0 Å². The number of nitrogens with two attached hydrogens (primary N) is 1. The molecule has 3 unspecified atom stereocenters. The molecule has 1 amide bonds. The zero-order chi connectivity index (χ0) is 16.4. The monoisotopic (exact) mass is 316 g/mol. The molecule has 1 fully saturated rings. The first-order valence-corrected chi connectivity index (χ1v) is 8.92. The number of anilines is 1. The van der Waals surface area contributed by atoms with Crippen LogP contribution >= 0.6 is 0 Å². The maximum absolute atomic E-state index is 12.7. The Kier molecular flexibility index (Phi) is 5.02. The third-order valence-electron chi connectivity index (χ3n) is 4.96. The van der Waals surface area contributed by atoms with Crippen molar-refractivity contribution >= 4 is 11.6 Å². The second kappa shape index (κ2) is 7.02. The Hall–Kier alpha value is -1.39. The number of carbonyl (C=O) groups excluding carboxylic acids is 1. The molecule has 2 aliphatic rings. The van der Waals surface area contributed by atoms with E-state index in [1.807, 2.05) is 4.90 Å². The van der Waals surface area contributed by atoms with Crippen LogP contribution in [-0.4, -0.2) is 30.7 Å². The van der Waals surface area contributed by atoms with Gasteiger partial charge in [-0.3, -0.25) is 4.79 Å². The molecule has 3 rings (SSSR count). The highest BCUT2D eigenvalue weighted by atomic mass is 16.5. The van der Waals surface area contributed by atoms with E-state index in [2.05, 4.69) is 32.0 Å². The Morgan fingerprint density at radius 2 is 2.30 bits per heavy atom. The van der Waals surface area contributed by atoms with Crippen LogP contribution in [0.4, 0.5) is 5.69 Å². The van der Waals surface area contributed by atoms with Crippen LogP contribution < -0.4 is 10.6 Å². The molecule has 0 spiro atoms. The number of amides is 1. The van der Waals surface area contributed by atoms with E-state index < -0.39 is 0 Å². The van der Waals surface area contributed by atoms with Crippen LogP contribution in [0.5, 0.6) is 0 Å². The van der Waals surface area contributed by atoms with Gasteiger partial charge >= 0.3 is 0 Å². The van der Waals surface area contributed by atoms with Crippen LogP contribution in [0.3, 0.4) is 0 Å². The third kappa shape index (κ3) is 3.43. The SMILES string of the molecule is CCCC(N)Cc1ccc2c(c1)CC(C)N2C(=O)C1CCCO1. The number of hydrogen-bond donors (Lipinski definition) is 1. The highest BCUT2D eigenvalue weighted by Crippen LogP contribution is 2.34. The van der Waals surface area contributed by atoms with Crippen LogP contribution in [0.25, 0.3) is 0 Å². The summed E-state index contributed by atoms with van der Waals surface area (Å²) in [6.45, 7) is 4.99. The summed E-state index contributed by atoms with van der Waals surface area (Å²) in [5.41, 5.74) is 9.78. The first-order valence-electron chi connectivity index (χ1n) is 8.92. The van der Waals surface area contributed by atoms with Crippen LogP contribution in [0, 0.1) is 0 Å². The molecule has 1 aromatic carbocycles. The molecule has 4 nitrogen and oxygen atoms in total. The highest BCUT2D eigenvalue weighted by Gasteiger charge is 2.36. The largest absolute Gasteiger partial charge is 0.368 e. The lowest BCUT2D eigenvalue weighted by molar-refractivity contribution is -0.127. The molecule has 126 valence electrons. The van der Waals surface area contributed by atoms with E-state index in [4.69, 9.17) is 10.5 Å². The van der Waals surface area contributed by atoms with Crippen LogP contribution in [0.1, 0.15) is 50.7 Å². The molecule has 0 bridgehead atoms. The molecule has 0 radical (unpaired) electrons. The van der Waals surface area contributed by atoms with Crippen molar-refractivity contribution < 1.29 is 9.53 Å². The first-order chi connectivity index (χ1) is 11.1. The molecule has 2 aliphatic heterocycles. The van der Waals surface area contributed by atoms with E-state index in [0.29, 0.717) is 6.61 Å². The van der Waals surface area contributed by atoms with E-state index in [1.165, 1.54) is 11.1 Å². The van der Waals surface area contributed by atoms with Crippen molar-refractivity contribution in [3.05, 3.63) is 29.3 Å². The lowest BCUT2D eigenvalue weighted by Gasteiger charge is -2.25. The van der Waals surface area contributed by atoms with Gasteiger partial charge in [0.25, 0.3) is 5.91 Å². The standard InChI is InChI=1S/C19H28N2O2/c1-3-5-16(20)12-14-7-8-17-15(11-14)10-13(2)21(17)19(22)18-6-4-9-23-18/h7-8,11,13,16,18H,3-6,9-10,12,20H2,1-2H3. The van der Waals surface area contributed by atoms with Gasteiger partial charge in [-0.15, -0.1) is 0 Å². The Morgan fingerprint density at radius 1 is 1.48 bits per heavy atom. The fourth-order valence-corrected chi connectivity index (χ4v) is 3.85. The van der Waals surface area contributed by atoms with Gasteiger partial charge in [0.05, 0.1) is 0 Å². The van der Waals surface area contributed by atoms with Gasteiger partial charge in [0, 0.05) is 24.4 Å². The van der Waals surface area contributed by atoms with Crippen molar-refractivity contribution in [1.29, 1.82) is 0 Å². The van der Waals surface area contributed by atoms with Crippen LogP contribution in [0.2, 0.25) is 0 Å². The van der Waals surface area contributed by atoms with E-state index in [9.17, 15) is 4.79 Å². The summed E-state index contributed by atoms with van der Waals surface area (Å²) in [6, 6.07) is 6.90. The summed E-state index contributed by atoms with van der Waals surface area (Å²) in [6.07, 6.45) is 5.59. The van der Waals surface area contributed by atoms with E-state index in [-0.39, 0.29) is 24.1 Å². The van der Waals surface area contributed by atoms with Crippen molar-refractivity contribution in [3.8, 4) is 0 Å². The molecule has 1 aromatic rings. The van der Waals surface area contributed by atoms with E-state index >= 15 is 0 Å². The van der Waals surface area contributed by atoms with Crippen molar-refractivity contribution in [2.24, 2.45) is 5.73 Å². The van der Waals surface area contributed by atoms with E-state index in [0.717, 1.165) is 44.2 Å². The fraction of sp³-hybridized carbons (Fsp3) is 0.632. The summed E-state index contributed by atoms with van der Waals surface area (Å²) < 4.78 is 5.59. The number of carbonyl (C=O) groups is 1. The second-order valence-corrected chi connectivity index (χ2v) is 6.98. The van der Waals surface area contributed by atoms with Crippen molar-refractivity contribution in [2.45, 2.75) is 70.6 Å². The number of hydrogen-bond acceptors (Lipinski definition) is 3. The Balaban J connectivity index is 1.76.